The number of pyridine rings is 2. The molecule has 2 aliphatic rings. The zero-order valence-corrected chi connectivity index (χ0v) is 18.0. The van der Waals surface area contributed by atoms with Crippen molar-refractivity contribution in [2.45, 2.75) is 30.5 Å². The topological polar surface area (TPSA) is 113 Å². The Morgan fingerprint density at radius 3 is 2.94 bits per heavy atom. The molecule has 8 nitrogen and oxygen atoms in total. The van der Waals surface area contributed by atoms with E-state index in [1.165, 1.54) is 0 Å². The molecule has 164 valence electrons. The first-order valence-electron chi connectivity index (χ1n) is 10.4. The maximum absolute atomic E-state index is 12.7. The molecule has 1 aliphatic heterocycles. The Morgan fingerprint density at radius 2 is 2.22 bits per heavy atom. The molecule has 0 unspecified atom stereocenters. The van der Waals surface area contributed by atoms with Crippen molar-refractivity contribution < 1.29 is 19.4 Å². The SMILES string of the molecule is C=C[C@@H]1C[C@]1(NC(=O)[C@@H]1C[C@@H](Oc2cc(-c3ccccn3)nc3ccsc23)CN1)C(=O)O. The first-order chi connectivity index (χ1) is 15.5. The predicted octanol–water partition coefficient (Wildman–Crippen LogP) is 2.61. The third-order valence-electron chi connectivity index (χ3n) is 6.03. The molecule has 4 heterocycles. The fourth-order valence-electron chi connectivity index (χ4n) is 4.15. The summed E-state index contributed by atoms with van der Waals surface area (Å²) in [6.07, 6.45) is 3.88. The first kappa shape index (κ1) is 20.6. The van der Waals surface area contributed by atoms with Gasteiger partial charge in [0.15, 0.2) is 0 Å². The quantitative estimate of drug-likeness (QED) is 0.474. The van der Waals surface area contributed by atoms with Crippen molar-refractivity contribution in [3.63, 3.8) is 0 Å². The van der Waals surface area contributed by atoms with Crippen LogP contribution in [0.1, 0.15) is 12.8 Å². The Kier molecular flexibility index (Phi) is 5.15. The lowest BCUT2D eigenvalue weighted by molar-refractivity contribution is -0.143. The molecule has 3 N–H and O–H groups in total. The van der Waals surface area contributed by atoms with Crippen LogP contribution < -0.4 is 15.4 Å². The highest BCUT2D eigenvalue weighted by Gasteiger charge is 2.60. The molecule has 3 aromatic rings. The van der Waals surface area contributed by atoms with Gasteiger partial charge in [0.1, 0.15) is 17.4 Å². The summed E-state index contributed by atoms with van der Waals surface area (Å²) >= 11 is 1.55. The highest BCUT2D eigenvalue weighted by Crippen LogP contribution is 2.44. The van der Waals surface area contributed by atoms with Crippen molar-refractivity contribution in [3.8, 4) is 17.1 Å². The number of aliphatic carboxylic acids is 1. The number of ether oxygens (including phenoxy) is 1. The molecule has 0 radical (unpaired) electrons. The Morgan fingerprint density at radius 1 is 1.34 bits per heavy atom. The molecule has 1 saturated carbocycles. The Bertz CT molecular complexity index is 1200. The normalized spacial score (nSPS) is 26.6. The second-order valence-corrected chi connectivity index (χ2v) is 9.02. The van der Waals surface area contributed by atoms with E-state index in [1.54, 1.807) is 23.6 Å². The molecule has 1 saturated heterocycles. The third-order valence-corrected chi connectivity index (χ3v) is 6.95. The van der Waals surface area contributed by atoms with Gasteiger partial charge in [-0.25, -0.2) is 9.78 Å². The van der Waals surface area contributed by atoms with Crippen molar-refractivity contribution in [1.82, 2.24) is 20.6 Å². The molecule has 0 spiro atoms. The molecule has 0 bridgehead atoms. The second-order valence-electron chi connectivity index (χ2n) is 8.10. The standard InChI is InChI=1S/C23H22N4O4S/c1-2-13-11-23(13,22(29)30)27-21(28)18-9-14(12-25-18)31-19-10-17(15-5-3-4-7-24-15)26-16-6-8-32-20(16)19/h2-8,10,13-14,18,25H,1,9,11-12H2,(H,27,28)(H,29,30)/t13-,14-,18+,23-/m1/s1. The number of carbonyl (C=O) groups is 2. The lowest BCUT2D eigenvalue weighted by atomic mass is 10.1. The van der Waals surface area contributed by atoms with Crippen molar-refractivity contribution in [3.05, 3.63) is 54.6 Å². The number of hydrogen-bond donors (Lipinski definition) is 3. The van der Waals surface area contributed by atoms with E-state index >= 15 is 0 Å². The Balaban J connectivity index is 1.31. The van der Waals surface area contributed by atoms with Crippen LogP contribution in [0.2, 0.25) is 0 Å². The number of carbonyl (C=O) groups excluding carboxylic acids is 1. The Labute approximate surface area is 188 Å². The van der Waals surface area contributed by atoms with Crippen molar-refractivity contribution in [2.75, 3.05) is 6.54 Å². The van der Waals surface area contributed by atoms with Crippen molar-refractivity contribution in [2.24, 2.45) is 5.92 Å². The maximum atomic E-state index is 12.7. The molecule has 1 amide bonds. The van der Waals surface area contributed by atoms with Crippen LogP contribution in [0.4, 0.5) is 0 Å². The summed E-state index contributed by atoms with van der Waals surface area (Å²) in [6, 6.07) is 8.97. The highest BCUT2D eigenvalue weighted by molar-refractivity contribution is 7.17. The monoisotopic (exact) mass is 450 g/mol. The highest BCUT2D eigenvalue weighted by atomic mass is 32.1. The van der Waals surface area contributed by atoms with Gasteiger partial charge in [0.2, 0.25) is 5.91 Å². The molecular weight excluding hydrogens is 428 g/mol. The van der Waals surface area contributed by atoms with Crippen LogP contribution in [0.15, 0.2) is 54.6 Å². The average molecular weight is 451 g/mol. The van der Waals surface area contributed by atoms with Crippen molar-refractivity contribution in [1.29, 1.82) is 0 Å². The van der Waals surface area contributed by atoms with E-state index in [1.807, 2.05) is 35.7 Å². The number of thiophene rings is 1. The van der Waals surface area contributed by atoms with Crippen LogP contribution in [0.5, 0.6) is 5.75 Å². The summed E-state index contributed by atoms with van der Waals surface area (Å²) in [4.78, 5) is 33.4. The van der Waals surface area contributed by atoms with Crippen LogP contribution in [-0.4, -0.2) is 51.2 Å². The summed E-state index contributed by atoms with van der Waals surface area (Å²) in [5.41, 5.74) is 1.08. The number of hydrogen-bond acceptors (Lipinski definition) is 7. The van der Waals surface area contributed by atoms with E-state index in [0.29, 0.717) is 25.1 Å². The summed E-state index contributed by atoms with van der Waals surface area (Å²) < 4.78 is 7.23. The lowest BCUT2D eigenvalue weighted by Gasteiger charge is -2.18. The van der Waals surface area contributed by atoms with Crippen LogP contribution in [-0.2, 0) is 9.59 Å². The molecule has 1 aliphatic carbocycles. The van der Waals surface area contributed by atoms with Crippen molar-refractivity contribution >= 4 is 33.4 Å². The third kappa shape index (κ3) is 3.63. The summed E-state index contributed by atoms with van der Waals surface area (Å²) in [5, 5.41) is 17.4. The van der Waals surface area contributed by atoms with E-state index in [-0.39, 0.29) is 17.9 Å². The minimum absolute atomic E-state index is 0.231. The van der Waals surface area contributed by atoms with Gasteiger partial charge in [0, 0.05) is 31.1 Å². The van der Waals surface area contributed by atoms with Crippen LogP contribution >= 0.6 is 11.3 Å². The van der Waals surface area contributed by atoms with Gasteiger partial charge in [-0.3, -0.25) is 9.78 Å². The molecule has 2 fully saturated rings. The average Bonchev–Trinajstić information content (AvgIpc) is 3.12. The minimum Gasteiger partial charge on any atom is -0.487 e. The Hall–Kier alpha value is -3.30. The fourth-order valence-corrected chi connectivity index (χ4v) is 4.95. The molecule has 32 heavy (non-hydrogen) atoms. The van der Waals surface area contributed by atoms with E-state index in [9.17, 15) is 14.7 Å². The zero-order chi connectivity index (χ0) is 22.3. The van der Waals surface area contributed by atoms with Gasteiger partial charge >= 0.3 is 5.97 Å². The zero-order valence-electron chi connectivity index (χ0n) is 17.2. The minimum atomic E-state index is -1.23. The second kappa shape index (κ2) is 7.99. The van der Waals surface area contributed by atoms with Gasteiger partial charge in [0.05, 0.1) is 27.6 Å². The summed E-state index contributed by atoms with van der Waals surface area (Å²) in [5.74, 6) is -0.894. The van der Waals surface area contributed by atoms with Crippen LogP contribution in [0, 0.1) is 5.92 Å². The number of rotatable bonds is 7. The largest absolute Gasteiger partial charge is 0.487 e. The number of fused-ring (bicyclic) bond motifs is 1. The van der Waals surface area contributed by atoms with E-state index in [4.69, 9.17) is 4.74 Å². The van der Waals surface area contributed by atoms with Crippen LogP contribution in [0.25, 0.3) is 21.6 Å². The predicted molar refractivity (Wildman–Crippen MR) is 120 cm³/mol. The van der Waals surface area contributed by atoms with Gasteiger partial charge in [0.25, 0.3) is 0 Å². The molecule has 0 aromatic carbocycles. The number of carboxylic acid groups (broad SMARTS) is 1. The number of nitrogens with one attached hydrogen (secondary N) is 2. The van der Waals surface area contributed by atoms with Gasteiger partial charge in [-0.15, -0.1) is 17.9 Å². The fraction of sp³-hybridized carbons (Fsp3) is 0.304. The first-order valence-corrected chi connectivity index (χ1v) is 11.3. The lowest BCUT2D eigenvalue weighted by Crippen LogP contribution is -2.51. The molecule has 9 heteroatoms. The van der Waals surface area contributed by atoms with Gasteiger partial charge in [-0.2, -0.15) is 0 Å². The summed E-state index contributed by atoms with van der Waals surface area (Å²) in [7, 11) is 0. The van der Waals surface area contributed by atoms with E-state index < -0.39 is 17.6 Å². The summed E-state index contributed by atoms with van der Waals surface area (Å²) in [6.45, 7) is 4.14. The molecule has 4 atom stereocenters. The van der Waals surface area contributed by atoms with Gasteiger partial charge in [-0.1, -0.05) is 12.1 Å². The maximum Gasteiger partial charge on any atom is 0.330 e. The smallest absolute Gasteiger partial charge is 0.330 e. The molecule has 3 aromatic heterocycles. The number of aromatic nitrogens is 2. The molecular formula is C23H22N4O4S. The van der Waals surface area contributed by atoms with Gasteiger partial charge < -0.3 is 20.5 Å². The van der Waals surface area contributed by atoms with Crippen LogP contribution in [0.3, 0.4) is 0 Å². The molecule has 5 rings (SSSR count). The van der Waals surface area contributed by atoms with Gasteiger partial charge in [-0.05, 0) is 30.0 Å². The van der Waals surface area contributed by atoms with E-state index in [0.717, 1.165) is 21.6 Å². The number of amides is 1. The number of nitrogens with zero attached hydrogens (tertiary/aromatic N) is 2. The van der Waals surface area contributed by atoms with E-state index in [2.05, 4.69) is 27.2 Å². The number of carboxylic acids is 1.